The van der Waals surface area contributed by atoms with Gasteiger partial charge in [-0.25, -0.2) is 0 Å². The summed E-state index contributed by atoms with van der Waals surface area (Å²) in [5.74, 6) is 0.414. The highest BCUT2D eigenvalue weighted by molar-refractivity contribution is 5.94. The summed E-state index contributed by atoms with van der Waals surface area (Å²) in [6, 6.07) is 7.43. The number of carbonyl (C=O) groups excluding carboxylic acids is 1. The predicted molar refractivity (Wildman–Crippen MR) is 83.8 cm³/mol. The second kappa shape index (κ2) is 7.05. The van der Waals surface area contributed by atoms with Crippen LogP contribution in [-0.4, -0.2) is 24.2 Å². The number of aliphatic hydroxyl groups is 1. The molecule has 1 atom stereocenters. The predicted octanol–water partition coefficient (Wildman–Crippen LogP) is 2.06. The fraction of sp³-hybridized carbons (Fsp3) is 0.588. The number of rotatable bonds is 7. The van der Waals surface area contributed by atoms with E-state index in [4.69, 9.17) is 10.8 Å². The number of nitrogens with one attached hydrogen (secondary N) is 1. The van der Waals surface area contributed by atoms with Crippen LogP contribution in [0.2, 0.25) is 0 Å². The number of hydrogen-bond acceptors (Lipinski definition) is 3. The van der Waals surface area contributed by atoms with Gasteiger partial charge in [-0.3, -0.25) is 4.79 Å². The highest BCUT2D eigenvalue weighted by Gasteiger charge is 2.41. The van der Waals surface area contributed by atoms with E-state index < -0.39 is 0 Å². The van der Waals surface area contributed by atoms with E-state index in [0.717, 1.165) is 24.8 Å². The van der Waals surface area contributed by atoms with Crippen LogP contribution >= 0.6 is 0 Å². The Morgan fingerprint density at radius 3 is 2.52 bits per heavy atom. The molecular weight excluding hydrogens is 264 g/mol. The summed E-state index contributed by atoms with van der Waals surface area (Å²) >= 11 is 0. The topological polar surface area (TPSA) is 75.3 Å². The molecule has 1 unspecified atom stereocenters. The van der Waals surface area contributed by atoms with E-state index >= 15 is 0 Å². The van der Waals surface area contributed by atoms with Gasteiger partial charge in [-0.15, -0.1) is 0 Å². The molecule has 1 fully saturated rings. The molecule has 1 amide bonds. The molecule has 0 saturated heterocycles. The molecule has 0 aliphatic heterocycles. The van der Waals surface area contributed by atoms with E-state index in [1.165, 1.54) is 6.42 Å². The second-order valence-electron chi connectivity index (χ2n) is 6.21. The number of amides is 1. The Morgan fingerprint density at radius 1 is 1.38 bits per heavy atom. The van der Waals surface area contributed by atoms with E-state index in [9.17, 15) is 4.79 Å². The molecular formula is C17H26N2O2. The van der Waals surface area contributed by atoms with Crippen LogP contribution in [-0.2, 0) is 6.54 Å². The van der Waals surface area contributed by atoms with Crippen molar-refractivity contribution in [2.24, 2.45) is 17.1 Å². The highest BCUT2D eigenvalue weighted by atomic mass is 16.3. The monoisotopic (exact) mass is 290 g/mol. The van der Waals surface area contributed by atoms with Gasteiger partial charge in [-0.1, -0.05) is 25.5 Å². The minimum Gasteiger partial charge on any atom is -0.396 e. The van der Waals surface area contributed by atoms with E-state index in [1.807, 2.05) is 24.3 Å². The van der Waals surface area contributed by atoms with Gasteiger partial charge in [-0.05, 0) is 48.3 Å². The summed E-state index contributed by atoms with van der Waals surface area (Å²) in [7, 11) is 0. The van der Waals surface area contributed by atoms with Gasteiger partial charge >= 0.3 is 0 Å². The maximum Gasteiger partial charge on any atom is 0.251 e. The number of aliphatic hydroxyl groups excluding tert-OH is 1. The molecule has 0 spiro atoms. The first-order valence-corrected chi connectivity index (χ1v) is 7.79. The lowest BCUT2D eigenvalue weighted by Gasteiger charge is -2.47. The average molecular weight is 290 g/mol. The van der Waals surface area contributed by atoms with Crippen molar-refractivity contribution in [2.75, 3.05) is 13.2 Å². The Balaban J connectivity index is 1.92. The molecule has 0 bridgehead atoms. The molecule has 1 aromatic rings. The van der Waals surface area contributed by atoms with Crippen LogP contribution in [0.3, 0.4) is 0 Å². The van der Waals surface area contributed by atoms with Gasteiger partial charge in [0.15, 0.2) is 0 Å². The zero-order valence-electron chi connectivity index (χ0n) is 12.8. The van der Waals surface area contributed by atoms with Crippen LogP contribution in [0.4, 0.5) is 0 Å². The third kappa shape index (κ3) is 3.63. The molecule has 1 aromatic carbocycles. The molecule has 1 aliphatic rings. The number of carbonyl (C=O) groups is 1. The number of benzene rings is 1. The number of hydrogen-bond donors (Lipinski definition) is 3. The van der Waals surface area contributed by atoms with E-state index in [0.29, 0.717) is 24.6 Å². The van der Waals surface area contributed by atoms with Gasteiger partial charge in [0.1, 0.15) is 0 Å². The summed E-state index contributed by atoms with van der Waals surface area (Å²) in [6.07, 6.45) is 4.30. The van der Waals surface area contributed by atoms with Crippen LogP contribution in [0.1, 0.15) is 48.5 Å². The number of nitrogens with two attached hydrogens (primary N) is 1. The van der Waals surface area contributed by atoms with Crippen molar-refractivity contribution in [3.05, 3.63) is 35.4 Å². The summed E-state index contributed by atoms with van der Waals surface area (Å²) in [5, 5.41) is 12.2. The molecule has 4 N–H and O–H groups in total. The van der Waals surface area contributed by atoms with Crippen molar-refractivity contribution in [1.82, 2.24) is 5.32 Å². The minimum absolute atomic E-state index is 0.0268. The minimum atomic E-state index is -0.0268. The quantitative estimate of drug-likeness (QED) is 0.719. The second-order valence-corrected chi connectivity index (χ2v) is 6.21. The SMILES string of the molecule is CC(CCO)C1(CNC(=O)c2ccc(CN)cc2)CCC1. The Morgan fingerprint density at radius 2 is 2.05 bits per heavy atom. The molecule has 21 heavy (non-hydrogen) atoms. The maximum absolute atomic E-state index is 12.2. The fourth-order valence-corrected chi connectivity index (χ4v) is 3.13. The molecule has 4 heteroatoms. The zero-order valence-corrected chi connectivity index (χ0v) is 12.8. The summed E-state index contributed by atoms with van der Waals surface area (Å²) in [5.41, 5.74) is 7.44. The molecule has 4 nitrogen and oxygen atoms in total. The maximum atomic E-state index is 12.2. The van der Waals surface area contributed by atoms with Gasteiger partial charge < -0.3 is 16.2 Å². The highest BCUT2D eigenvalue weighted by Crippen LogP contribution is 2.47. The van der Waals surface area contributed by atoms with Crippen molar-refractivity contribution in [3.63, 3.8) is 0 Å². The lowest BCUT2D eigenvalue weighted by molar-refractivity contribution is 0.0411. The van der Waals surface area contributed by atoms with Crippen molar-refractivity contribution in [3.8, 4) is 0 Å². The molecule has 0 radical (unpaired) electrons. The summed E-state index contributed by atoms with van der Waals surface area (Å²) < 4.78 is 0. The van der Waals surface area contributed by atoms with Crippen LogP contribution in [0, 0.1) is 11.3 Å². The van der Waals surface area contributed by atoms with Crippen molar-refractivity contribution in [1.29, 1.82) is 0 Å². The Kier molecular flexibility index (Phi) is 5.37. The van der Waals surface area contributed by atoms with Gasteiger partial charge in [-0.2, -0.15) is 0 Å². The van der Waals surface area contributed by atoms with Crippen LogP contribution in [0.25, 0.3) is 0 Å². The lowest BCUT2D eigenvalue weighted by Crippen LogP contribution is -2.46. The van der Waals surface area contributed by atoms with E-state index in [1.54, 1.807) is 0 Å². The van der Waals surface area contributed by atoms with Gasteiger partial charge in [0.05, 0.1) is 0 Å². The zero-order chi connectivity index (χ0) is 15.3. The van der Waals surface area contributed by atoms with Crippen molar-refractivity contribution in [2.45, 2.75) is 39.2 Å². The van der Waals surface area contributed by atoms with Crippen LogP contribution in [0.5, 0.6) is 0 Å². The summed E-state index contributed by atoms with van der Waals surface area (Å²) in [6.45, 7) is 3.59. The first-order chi connectivity index (χ1) is 10.1. The third-order valence-electron chi connectivity index (χ3n) is 5.01. The molecule has 0 heterocycles. The smallest absolute Gasteiger partial charge is 0.251 e. The molecule has 1 saturated carbocycles. The Hall–Kier alpha value is -1.39. The van der Waals surface area contributed by atoms with Crippen molar-refractivity contribution < 1.29 is 9.90 Å². The molecule has 116 valence electrons. The van der Waals surface area contributed by atoms with Crippen molar-refractivity contribution >= 4 is 5.91 Å². The summed E-state index contributed by atoms with van der Waals surface area (Å²) in [4.78, 5) is 12.2. The molecule has 0 aromatic heterocycles. The lowest BCUT2D eigenvalue weighted by atomic mass is 9.60. The van der Waals surface area contributed by atoms with Gasteiger partial charge in [0, 0.05) is 25.3 Å². The first-order valence-electron chi connectivity index (χ1n) is 7.79. The fourth-order valence-electron chi connectivity index (χ4n) is 3.13. The van der Waals surface area contributed by atoms with Gasteiger partial charge in [0.2, 0.25) is 0 Å². The molecule has 2 rings (SSSR count). The van der Waals surface area contributed by atoms with Crippen LogP contribution in [0.15, 0.2) is 24.3 Å². The Labute approximate surface area is 126 Å². The standard InChI is InChI=1S/C17H26N2O2/c1-13(7-10-20)17(8-2-9-17)12-19-16(21)15-5-3-14(11-18)4-6-15/h3-6,13,20H,2,7-12,18H2,1H3,(H,19,21). The molecule has 1 aliphatic carbocycles. The Bertz CT molecular complexity index is 466. The average Bonchev–Trinajstić information content (AvgIpc) is 2.46. The first kappa shape index (κ1) is 16.0. The third-order valence-corrected chi connectivity index (χ3v) is 5.01. The van der Waals surface area contributed by atoms with E-state index in [-0.39, 0.29) is 17.9 Å². The largest absolute Gasteiger partial charge is 0.396 e. The normalized spacial score (nSPS) is 17.9. The van der Waals surface area contributed by atoms with E-state index in [2.05, 4.69) is 12.2 Å². The van der Waals surface area contributed by atoms with Crippen LogP contribution < -0.4 is 11.1 Å². The van der Waals surface area contributed by atoms with Gasteiger partial charge in [0.25, 0.3) is 5.91 Å².